The van der Waals surface area contributed by atoms with Crippen LogP contribution >= 0.6 is 0 Å². The number of nitrogens with zero attached hydrogens (tertiary/aromatic N) is 6. The molecule has 4 heterocycles. The van der Waals surface area contributed by atoms with Crippen LogP contribution in [0.3, 0.4) is 0 Å². The normalized spacial score (nSPS) is 20.2. The van der Waals surface area contributed by atoms with E-state index in [-0.39, 0.29) is 17.7 Å². The number of aliphatic hydroxyl groups is 1. The maximum Gasteiger partial charge on any atom is 0.260 e. The molecule has 0 spiro atoms. The number of piperazine rings is 1. The average molecular weight is 556 g/mol. The summed E-state index contributed by atoms with van der Waals surface area (Å²) >= 11 is 0. The van der Waals surface area contributed by atoms with Crippen LogP contribution in [0.15, 0.2) is 53.7 Å². The Bertz CT molecular complexity index is 1540. The van der Waals surface area contributed by atoms with Gasteiger partial charge in [-0.15, -0.1) is 0 Å². The highest BCUT2D eigenvalue weighted by Crippen LogP contribution is 2.32. The standard InChI is InChI=1S/C32H41N7O2/c1-22(2)9-14-34-32-35-20-29-27-8-3-23(21-37-15-17-38(18-16-37)24-10-12-33-13-11-24)19-28(27)31(41)39(30(29)36-32)25-4-6-26(40)7-5-25/h3,8,10-13,19-20,22,25-26,40H,4-7,9,14-18,21H2,1-2H3,(H,34,35,36)/t25-,26-. The zero-order valence-electron chi connectivity index (χ0n) is 24.2. The summed E-state index contributed by atoms with van der Waals surface area (Å²) in [4.78, 5) is 32.7. The Morgan fingerprint density at radius 3 is 2.46 bits per heavy atom. The highest BCUT2D eigenvalue weighted by Gasteiger charge is 2.26. The van der Waals surface area contributed by atoms with Gasteiger partial charge in [-0.2, -0.15) is 4.98 Å². The molecule has 0 atom stereocenters. The Hall–Kier alpha value is -3.56. The van der Waals surface area contributed by atoms with Gasteiger partial charge in [0, 0.05) is 80.4 Å². The van der Waals surface area contributed by atoms with Gasteiger partial charge in [-0.3, -0.25) is 19.2 Å². The highest BCUT2D eigenvalue weighted by molar-refractivity contribution is 6.04. The molecule has 2 aliphatic rings. The maximum absolute atomic E-state index is 14.2. The molecule has 0 unspecified atom stereocenters. The van der Waals surface area contributed by atoms with E-state index in [4.69, 9.17) is 4.98 Å². The van der Waals surface area contributed by atoms with Gasteiger partial charge in [0.25, 0.3) is 5.56 Å². The first-order chi connectivity index (χ1) is 20.0. The summed E-state index contributed by atoms with van der Waals surface area (Å²) in [7, 11) is 0. The summed E-state index contributed by atoms with van der Waals surface area (Å²) in [6.07, 6.45) is 9.23. The highest BCUT2D eigenvalue weighted by atomic mass is 16.3. The van der Waals surface area contributed by atoms with Crippen LogP contribution in [0, 0.1) is 5.92 Å². The molecule has 3 aromatic heterocycles. The van der Waals surface area contributed by atoms with Crippen molar-refractivity contribution in [3.05, 3.63) is 64.8 Å². The van der Waals surface area contributed by atoms with Crippen molar-refractivity contribution >= 4 is 33.4 Å². The maximum atomic E-state index is 14.2. The molecule has 1 aliphatic heterocycles. The lowest BCUT2D eigenvalue weighted by Gasteiger charge is -2.36. The van der Waals surface area contributed by atoms with E-state index in [9.17, 15) is 9.90 Å². The number of anilines is 2. The number of benzene rings is 1. The molecule has 216 valence electrons. The predicted octanol–water partition coefficient (Wildman–Crippen LogP) is 4.60. The Morgan fingerprint density at radius 2 is 1.73 bits per heavy atom. The van der Waals surface area contributed by atoms with E-state index in [0.29, 0.717) is 30.4 Å². The van der Waals surface area contributed by atoms with Crippen LogP contribution in [-0.4, -0.2) is 68.4 Å². The summed E-state index contributed by atoms with van der Waals surface area (Å²) in [6.45, 7) is 9.85. The molecule has 1 saturated heterocycles. The van der Waals surface area contributed by atoms with Crippen LogP contribution in [0.1, 0.15) is 57.6 Å². The van der Waals surface area contributed by atoms with Crippen molar-refractivity contribution in [2.45, 2.75) is 64.6 Å². The first-order valence-electron chi connectivity index (χ1n) is 15.1. The topological polar surface area (TPSA) is 99.4 Å². The fourth-order valence-corrected chi connectivity index (χ4v) is 6.26. The predicted molar refractivity (Wildman–Crippen MR) is 164 cm³/mol. The summed E-state index contributed by atoms with van der Waals surface area (Å²) in [5.74, 6) is 1.14. The van der Waals surface area contributed by atoms with Crippen molar-refractivity contribution in [2.75, 3.05) is 42.9 Å². The molecule has 1 aromatic carbocycles. The third-order valence-corrected chi connectivity index (χ3v) is 8.66. The number of rotatable bonds is 8. The van der Waals surface area contributed by atoms with Gasteiger partial charge in [0.15, 0.2) is 0 Å². The minimum absolute atomic E-state index is 0.00470. The quantitative estimate of drug-likeness (QED) is 0.305. The molecule has 9 heteroatoms. The summed E-state index contributed by atoms with van der Waals surface area (Å²) in [6, 6.07) is 10.4. The number of aliphatic hydroxyl groups excluding tert-OH is 1. The molecule has 6 rings (SSSR count). The second-order valence-corrected chi connectivity index (χ2v) is 12.0. The monoisotopic (exact) mass is 555 g/mol. The van der Waals surface area contributed by atoms with Crippen molar-refractivity contribution in [3.8, 4) is 0 Å². The van der Waals surface area contributed by atoms with E-state index >= 15 is 0 Å². The first-order valence-corrected chi connectivity index (χ1v) is 15.1. The van der Waals surface area contributed by atoms with E-state index in [1.807, 2.05) is 23.2 Å². The molecule has 4 aromatic rings. The van der Waals surface area contributed by atoms with Crippen LogP contribution in [0.5, 0.6) is 0 Å². The van der Waals surface area contributed by atoms with Crippen LogP contribution < -0.4 is 15.8 Å². The molecule has 1 aliphatic carbocycles. The van der Waals surface area contributed by atoms with Crippen LogP contribution in [-0.2, 0) is 6.54 Å². The van der Waals surface area contributed by atoms with Gasteiger partial charge in [-0.25, -0.2) is 4.98 Å². The third-order valence-electron chi connectivity index (χ3n) is 8.66. The van der Waals surface area contributed by atoms with Crippen molar-refractivity contribution < 1.29 is 5.11 Å². The lowest BCUT2D eigenvalue weighted by Crippen LogP contribution is -2.45. The van der Waals surface area contributed by atoms with Gasteiger partial charge in [0.1, 0.15) is 5.65 Å². The first kappa shape index (κ1) is 27.6. The van der Waals surface area contributed by atoms with Gasteiger partial charge in [0.2, 0.25) is 5.95 Å². The molecular weight excluding hydrogens is 514 g/mol. The minimum atomic E-state index is -0.290. The molecule has 0 bridgehead atoms. The van der Waals surface area contributed by atoms with Gasteiger partial charge >= 0.3 is 0 Å². The Labute approximate surface area is 241 Å². The van der Waals surface area contributed by atoms with Crippen molar-refractivity contribution in [2.24, 2.45) is 5.92 Å². The average Bonchev–Trinajstić information content (AvgIpc) is 2.99. The van der Waals surface area contributed by atoms with E-state index in [1.54, 1.807) is 0 Å². The lowest BCUT2D eigenvalue weighted by molar-refractivity contribution is 0.111. The van der Waals surface area contributed by atoms with Gasteiger partial charge in [-0.1, -0.05) is 26.0 Å². The SMILES string of the molecule is CC(C)CCNc1ncc2c3ccc(CN4CCN(c5ccncc5)CC4)cc3c(=O)n([C@H]3CC[C@H](O)CC3)c2n1. The zero-order valence-corrected chi connectivity index (χ0v) is 24.2. The molecule has 0 radical (unpaired) electrons. The van der Waals surface area contributed by atoms with Crippen molar-refractivity contribution in [1.82, 2.24) is 24.4 Å². The number of hydrogen-bond donors (Lipinski definition) is 2. The van der Waals surface area contributed by atoms with Crippen molar-refractivity contribution in [1.29, 1.82) is 0 Å². The van der Waals surface area contributed by atoms with E-state index in [2.05, 4.69) is 69.3 Å². The van der Waals surface area contributed by atoms with Crippen molar-refractivity contribution in [3.63, 3.8) is 0 Å². The number of nitrogens with one attached hydrogen (secondary N) is 1. The molecular formula is C32H41N7O2. The zero-order chi connectivity index (χ0) is 28.3. The van der Waals surface area contributed by atoms with E-state index in [0.717, 1.165) is 80.3 Å². The summed E-state index contributed by atoms with van der Waals surface area (Å²) in [5, 5.41) is 16.0. The van der Waals surface area contributed by atoms with E-state index < -0.39 is 0 Å². The summed E-state index contributed by atoms with van der Waals surface area (Å²) < 4.78 is 1.90. The number of aromatic nitrogens is 4. The molecule has 2 fully saturated rings. The molecule has 41 heavy (non-hydrogen) atoms. The second-order valence-electron chi connectivity index (χ2n) is 12.0. The fourth-order valence-electron chi connectivity index (χ4n) is 6.26. The summed E-state index contributed by atoms with van der Waals surface area (Å²) in [5.41, 5.74) is 3.05. The second kappa shape index (κ2) is 12.1. The fraction of sp³-hybridized carbons (Fsp3) is 0.500. The third kappa shape index (κ3) is 6.06. The minimum Gasteiger partial charge on any atom is -0.393 e. The Kier molecular flexibility index (Phi) is 8.16. The molecule has 0 amide bonds. The van der Waals surface area contributed by atoms with Gasteiger partial charge < -0.3 is 15.3 Å². The molecule has 1 saturated carbocycles. The number of fused-ring (bicyclic) bond motifs is 3. The smallest absolute Gasteiger partial charge is 0.260 e. The number of hydrogen-bond acceptors (Lipinski definition) is 8. The number of pyridine rings is 2. The largest absolute Gasteiger partial charge is 0.393 e. The van der Waals surface area contributed by atoms with Gasteiger partial charge in [-0.05, 0) is 67.2 Å². The Morgan fingerprint density at radius 1 is 0.976 bits per heavy atom. The molecule has 9 nitrogen and oxygen atoms in total. The van der Waals surface area contributed by atoms with E-state index in [1.165, 1.54) is 5.69 Å². The van der Waals surface area contributed by atoms with Crippen LogP contribution in [0.4, 0.5) is 11.6 Å². The molecule has 2 N–H and O–H groups in total. The lowest BCUT2D eigenvalue weighted by atomic mass is 9.92. The Balaban J connectivity index is 1.30. The van der Waals surface area contributed by atoms with Crippen LogP contribution in [0.25, 0.3) is 21.8 Å². The van der Waals surface area contributed by atoms with Gasteiger partial charge in [0.05, 0.1) is 6.10 Å². The van der Waals surface area contributed by atoms with Crippen LogP contribution in [0.2, 0.25) is 0 Å².